The normalized spacial score (nSPS) is 50.5. The van der Waals surface area contributed by atoms with E-state index in [4.69, 9.17) is 8.74 Å². The zero-order valence-corrected chi connectivity index (χ0v) is 11.1. The second-order valence-corrected chi connectivity index (χ2v) is 7.50. The smallest absolute Gasteiger partial charge is 0.288 e. The second-order valence-electron chi connectivity index (χ2n) is 6.45. The van der Waals surface area contributed by atoms with E-state index in [0.29, 0.717) is 6.42 Å². The first-order valence-corrected chi connectivity index (χ1v) is 7.02. The summed E-state index contributed by atoms with van der Waals surface area (Å²) in [4.78, 5) is 0. The molecule has 0 amide bonds. The van der Waals surface area contributed by atoms with Crippen molar-refractivity contribution < 1.29 is 26.1 Å². The van der Waals surface area contributed by atoms with Gasteiger partial charge in [0.05, 0.1) is 34.6 Å². The predicted molar refractivity (Wildman–Crippen MR) is 57.7 cm³/mol. The lowest BCUT2D eigenvalue weighted by molar-refractivity contribution is -0.845. The Balaban J connectivity index is 1.74. The minimum Gasteiger partial charge on any atom is -0.288 e. The molecule has 2 aliphatic carbocycles. The van der Waals surface area contributed by atoms with Gasteiger partial charge in [-0.15, -0.1) is 0 Å². The number of hydrogen-bond donors (Lipinski definition) is 1. The van der Waals surface area contributed by atoms with E-state index in [1.165, 1.54) is 11.4 Å². The number of likely N-dealkylation sites (tertiary alicyclic amines) is 2. The molecule has 3 unspecified atom stereocenters. The predicted octanol–water partition coefficient (Wildman–Crippen LogP) is -0.539. The van der Waals surface area contributed by atoms with Crippen LogP contribution in [0.1, 0.15) is 6.42 Å². The standard InChI is InChI=1S/C10H15N2O4S/c1-11(2)7-8(11)10-6(16-17(13,14)15)5-9(7,10)12(10,3)4/h6H,5H2,1-4H3/q+1/p+1. The lowest BCUT2D eigenvalue weighted by Gasteiger charge is -2.28. The second kappa shape index (κ2) is 2.00. The number of nitrogens with zero attached hydrogens (tertiary/aromatic N) is 2. The van der Waals surface area contributed by atoms with E-state index in [2.05, 4.69) is 28.2 Å². The van der Waals surface area contributed by atoms with Gasteiger partial charge in [0.15, 0.2) is 6.10 Å². The van der Waals surface area contributed by atoms with Gasteiger partial charge in [0.1, 0.15) is 0 Å². The molecule has 6 nitrogen and oxygen atoms in total. The molecule has 1 N–H and O–H groups in total. The SMILES string of the molecule is C[N+]1(C)C2=C1C13C(OS(=O)(=O)O)CC21[N+]3(C)C. The van der Waals surface area contributed by atoms with E-state index in [1.54, 1.807) is 0 Å². The Morgan fingerprint density at radius 2 is 1.88 bits per heavy atom. The fourth-order valence-corrected chi connectivity index (χ4v) is 5.70. The molecule has 17 heavy (non-hydrogen) atoms. The molecule has 0 radical (unpaired) electrons. The van der Waals surface area contributed by atoms with Crippen LogP contribution in [0.3, 0.4) is 0 Å². The Morgan fingerprint density at radius 3 is 2.35 bits per heavy atom. The summed E-state index contributed by atoms with van der Waals surface area (Å²) in [7, 11) is 4.11. The third-order valence-electron chi connectivity index (χ3n) is 5.65. The average Bonchev–Trinajstić information content (AvgIpc) is 2.57. The molecular weight excluding hydrogens is 244 g/mol. The summed E-state index contributed by atoms with van der Waals surface area (Å²) < 4.78 is 37.0. The zero-order chi connectivity index (χ0) is 12.6. The maximum absolute atomic E-state index is 10.9. The van der Waals surface area contributed by atoms with Crippen molar-refractivity contribution >= 4 is 10.4 Å². The molecule has 2 fully saturated rings. The monoisotopic (exact) mass is 260 g/mol. The van der Waals surface area contributed by atoms with Crippen LogP contribution in [0.2, 0.25) is 0 Å². The van der Waals surface area contributed by atoms with Crippen LogP contribution in [0, 0.1) is 0 Å². The quantitative estimate of drug-likeness (QED) is 0.411. The first-order chi connectivity index (χ1) is 7.55. The Bertz CT molecular complexity index is 620. The van der Waals surface area contributed by atoms with Gasteiger partial charge in [-0.25, -0.2) is 8.67 Å². The summed E-state index contributed by atoms with van der Waals surface area (Å²) in [6.07, 6.45) is 0.298. The maximum Gasteiger partial charge on any atom is 0.397 e. The summed E-state index contributed by atoms with van der Waals surface area (Å²) >= 11 is 0. The van der Waals surface area contributed by atoms with Gasteiger partial charge in [-0.05, 0) is 0 Å². The van der Waals surface area contributed by atoms with Gasteiger partial charge < -0.3 is 0 Å². The van der Waals surface area contributed by atoms with Crippen molar-refractivity contribution in [2.45, 2.75) is 23.6 Å². The molecule has 0 aromatic carbocycles. The van der Waals surface area contributed by atoms with Crippen LogP contribution in [-0.4, -0.2) is 67.3 Å². The van der Waals surface area contributed by atoms with Gasteiger partial charge in [0.25, 0.3) is 11.1 Å². The van der Waals surface area contributed by atoms with Crippen molar-refractivity contribution in [2.75, 3.05) is 28.2 Å². The summed E-state index contributed by atoms with van der Waals surface area (Å²) in [6, 6.07) is 0. The number of quaternary nitrogens is 2. The maximum atomic E-state index is 10.9. The molecule has 2 heterocycles. The third kappa shape index (κ3) is 0.642. The lowest BCUT2D eigenvalue weighted by atomic mass is 9.64. The van der Waals surface area contributed by atoms with E-state index in [0.717, 1.165) is 8.97 Å². The summed E-state index contributed by atoms with van der Waals surface area (Å²) in [5, 5.41) is 0. The van der Waals surface area contributed by atoms with E-state index in [9.17, 15) is 8.42 Å². The number of likely N-dealkylation sites (N-methyl/N-ethyl adjacent to an activating group) is 2. The van der Waals surface area contributed by atoms with Gasteiger partial charge in [-0.1, -0.05) is 0 Å². The van der Waals surface area contributed by atoms with Crippen LogP contribution in [0.4, 0.5) is 0 Å². The molecule has 4 aliphatic rings. The van der Waals surface area contributed by atoms with Crippen molar-refractivity contribution in [3.63, 3.8) is 0 Å². The first-order valence-electron chi connectivity index (χ1n) is 5.65. The molecule has 1 saturated heterocycles. The minimum absolute atomic E-state index is 0.0984. The molecule has 0 spiro atoms. The summed E-state index contributed by atoms with van der Waals surface area (Å²) in [5.41, 5.74) is 2.67. The Hall–Kier alpha value is -0.470. The van der Waals surface area contributed by atoms with Crippen LogP contribution in [-0.2, 0) is 14.6 Å². The minimum atomic E-state index is -4.35. The average molecular weight is 260 g/mol. The van der Waals surface area contributed by atoms with Crippen molar-refractivity contribution in [1.82, 2.24) is 0 Å². The molecule has 0 aromatic heterocycles. The Kier molecular flexibility index (Phi) is 1.23. The van der Waals surface area contributed by atoms with Gasteiger partial charge in [-0.3, -0.25) is 9.04 Å². The van der Waals surface area contributed by atoms with Crippen LogP contribution < -0.4 is 0 Å². The molecule has 2 aliphatic heterocycles. The topological polar surface area (TPSA) is 63.6 Å². The fraction of sp³-hybridized carbons (Fsp3) is 0.800. The highest BCUT2D eigenvalue weighted by Gasteiger charge is 3.18. The van der Waals surface area contributed by atoms with Crippen molar-refractivity contribution in [2.24, 2.45) is 0 Å². The lowest BCUT2D eigenvalue weighted by Crippen LogP contribution is -2.55. The Morgan fingerprint density at radius 1 is 1.29 bits per heavy atom. The van der Waals surface area contributed by atoms with Crippen molar-refractivity contribution in [3.05, 3.63) is 11.4 Å². The van der Waals surface area contributed by atoms with Gasteiger partial charge in [0, 0.05) is 0 Å². The fourth-order valence-electron chi connectivity index (χ4n) is 5.19. The zero-order valence-electron chi connectivity index (χ0n) is 10.3. The van der Waals surface area contributed by atoms with E-state index in [-0.39, 0.29) is 11.1 Å². The van der Waals surface area contributed by atoms with Gasteiger partial charge >= 0.3 is 10.4 Å². The molecule has 3 atom stereocenters. The highest BCUT2D eigenvalue weighted by molar-refractivity contribution is 7.80. The third-order valence-corrected chi connectivity index (χ3v) is 6.12. The molecule has 0 aromatic rings. The van der Waals surface area contributed by atoms with Crippen LogP contribution in [0.5, 0.6) is 0 Å². The van der Waals surface area contributed by atoms with Crippen LogP contribution in [0.25, 0.3) is 0 Å². The van der Waals surface area contributed by atoms with E-state index < -0.39 is 16.5 Å². The van der Waals surface area contributed by atoms with Crippen molar-refractivity contribution in [3.8, 4) is 0 Å². The summed E-state index contributed by atoms with van der Waals surface area (Å²) in [6.45, 7) is 0. The molecule has 0 bridgehead atoms. The van der Waals surface area contributed by atoms with E-state index in [1.807, 2.05) is 0 Å². The highest BCUT2D eigenvalue weighted by atomic mass is 32.3. The summed E-state index contributed by atoms with van der Waals surface area (Å²) in [5.74, 6) is 0. The van der Waals surface area contributed by atoms with E-state index >= 15 is 0 Å². The van der Waals surface area contributed by atoms with Crippen LogP contribution >= 0.6 is 0 Å². The van der Waals surface area contributed by atoms with Gasteiger partial charge in [0.2, 0.25) is 11.4 Å². The Labute approximate surface area is 100 Å². The number of piperazine rings is 1. The van der Waals surface area contributed by atoms with Crippen LogP contribution in [0.15, 0.2) is 11.4 Å². The molecule has 4 rings (SSSR count). The largest absolute Gasteiger partial charge is 0.397 e. The molecule has 7 heteroatoms. The van der Waals surface area contributed by atoms with Gasteiger partial charge in [-0.2, -0.15) is 8.42 Å². The number of rotatable bonds is 2. The van der Waals surface area contributed by atoms with Crippen molar-refractivity contribution in [1.29, 1.82) is 0 Å². The highest BCUT2D eigenvalue weighted by Crippen LogP contribution is 2.92. The molecule has 94 valence electrons. The first kappa shape index (κ1) is 10.5. The molecular formula is C10H16N2O4S+2. The molecule has 1 saturated carbocycles. The number of hydrogen-bond acceptors (Lipinski definition) is 3.